The van der Waals surface area contributed by atoms with Gasteiger partial charge in [0, 0.05) is 32.7 Å². The van der Waals surface area contributed by atoms with Gasteiger partial charge in [0.1, 0.15) is 0 Å². The zero-order valence-corrected chi connectivity index (χ0v) is 18.7. The molecule has 0 amide bonds. The van der Waals surface area contributed by atoms with Crippen molar-refractivity contribution in [2.24, 2.45) is 4.99 Å². The first-order valence-corrected chi connectivity index (χ1v) is 11.5. The van der Waals surface area contributed by atoms with Gasteiger partial charge in [-0.3, -0.25) is 4.90 Å². The molecule has 1 aliphatic rings. The molecule has 2 aromatic rings. The van der Waals surface area contributed by atoms with Crippen molar-refractivity contribution in [3.63, 3.8) is 0 Å². The molecule has 1 saturated heterocycles. The Kier molecular flexibility index (Phi) is 8.52. The Morgan fingerprint density at radius 1 is 1.31 bits per heavy atom. The van der Waals surface area contributed by atoms with Crippen molar-refractivity contribution in [2.75, 3.05) is 32.8 Å². The molecule has 1 aliphatic heterocycles. The minimum atomic E-state index is 0.321. The summed E-state index contributed by atoms with van der Waals surface area (Å²) < 4.78 is 5.65. The quantitative estimate of drug-likeness (QED) is 0.509. The van der Waals surface area contributed by atoms with Crippen molar-refractivity contribution in [1.29, 1.82) is 0 Å². The summed E-state index contributed by atoms with van der Waals surface area (Å²) in [6, 6.07) is 11.0. The first kappa shape index (κ1) is 21.8. The molecule has 2 N–H and O–H groups in total. The number of ether oxygens (including phenoxy) is 1. The molecule has 3 rings (SSSR count). The number of thiophene rings is 1. The standard InChI is InChI=1S/C23H34N4OS/c1-4-24-23(25-13-18(2)22-8-11-29-17-22)26-14-20-6-5-7-21(12-20)16-27-9-10-28-19(3)15-27/h5-8,11-12,17-19H,4,9-10,13-16H2,1-3H3,(H2,24,25,26). The second-order valence-electron chi connectivity index (χ2n) is 7.77. The third-order valence-corrected chi connectivity index (χ3v) is 5.88. The molecule has 2 heterocycles. The number of benzene rings is 1. The second kappa shape index (κ2) is 11.3. The largest absolute Gasteiger partial charge is 0.376 e. The van der Waals surface area contributed by atoms with Crippen LogP contribution in [0.25, 0.3) is 0 Å². The highest BCUT2D eigenvalue weighted by Crippen LogP contribution is 2.17. The van der Waals surface area contributed by atoms with E-state index in [0.29, 0.717) is 18.6 Å². The van der Waals surface area contributed by atoms with Crippen LogP contribution in [0.1, 0.15) is 43.4 Å². The predicted octanol–water partition coefficient (Wildman–Crippen LogP) is 3.83. The zero-order valence-electron chi connectivity index (χ0n) is 17.9. The summed E-state index contributed by atoms with van der Waals surface area (Å²) in [4.78, 5) is 7.27. The molecule has 0 radical (unpaired) electrons. The van der Waals surface area contributed by atoms with Gasteiger partial charge in [-0.15, -0.1) is 0 Å². The number of guanidine groups is 1. The number of nitrogens with one attached hydrogen (secondary N) is 2. The third kappa shape index (κ3) is 7.14. The molecule has 158 valence electrons. The van der Waals surface area contributed by atoms with Gasteiger partial charge in [0.2, 0.25) is 0 Å². The lowest BCUT2D eigenvalue weighted by atomic mass is 10.1. The van der Waals surface area contributed by atoms with Gasteiger partial charge in [-0.05, 0) is 53.3 Å². The van der Waals surface area contributed by atoms with Crippen LogP contribution in [0.4, 0.5) is 0 Å². The summed E-state index contributed by atoms with van der Waals surface area (Å²) in [5, 5.41) is 11.2. The summed E-state index contributed by atoms with van der Waals surface area (Å²) in [5.41, 5.74) is 3.96. The predicted molar refractivity (Wildman–Crippen MR) is 123 cm³/mol. The Bertz CT molecular complexity index is 762. The van der Waals surface area contributed by atoms with E-state index in [-0.39, 0.29) is 0 Å². The van der Waals surface area contributed by atoms with Crippen molar-refractivity contribution in [1.82, 2.24) is 15.5 Å². The van der Waals surface area contributed by atoms with E-state index in [0.717, 1.165) is 45.3 Å². The minimum Gasteiger partial charge on any atom is -0.376 e. The molecule has 29 heavy (non-hydrogen) atoms. The van der Waals surface area contributed by atoms with Gasteiger partial charge >= 0.3 is 0 Å². The lowest BCUT2D eigenvalue weighted by Crippen LogP contribution is -2.40. The summed E-state index contributed by atoms with van der Waals surface area (Å²) in [6.45, 7) is 12.7. The lowest BCUT2D eigenvalue weighted by Gasteiger charge is -2.31. The molecule has 2 unspecified atom stereocenters. The van der Waals surface area contributed by atoms with Crippen molar-refractivity contribution < 1.29 is 4.74 Å². The summed E-state index contributed by atoms with van der Waals surface area (Å²) in [5.74, 6) is 1.34. The van der Waals surface area contributed by atoms with E-state index in [1.807, 2.05) is 0 Å². The molecule has 2 atom stereocenters. The molecule has 0 aliphatic carbocycles. The maximum atomic E-state index is 5.65. The molecular formula is C23H34N4OS. The van der Waals surface area contributed by atoms with E-state index in [1.54, 1.807) is 11.3 Å². The summed E-state index contributed by atoms with van der Waals surface area (Å²) >= 11 is 1.75. The Labute approximate surface area is 179 Å². The highest BCUT2D eigenvalue weighted by atomic mass is 32.1. The van der Waals surface area contributed by atoms with E-state index >= 15 is 0 Å². The monoisotopic (exact) mass is 414 g/mol. The molecule has 6 heteroatoms. The first-order chi connectivity index (χ1) is 14.1. The van der Waals surface area contributed by atoms with Gasteiger partial charge in [0.25, 0.3) is 0 Å². The number of hydrogen-bond acceptors (Lipinski definition) is 4. The third-order valence-electron chi connectivity index (χ3n) is 5.17. The molecule has 1 aromatic carbocycles. The summed E-state index contributed by atoms with van der Waals surface area (Å²) in [7, 11) is 0. The first-order valence-electron chi connectivity index (χ1n) is 10.6. The van der Waals surface area contributed by atoms with E-state index < -0.39 is 0 Å². The fourth-order valence-electron chi connectivity index (χ4n) is 3.55. The maximum Gasteiger partial charge on any atom is 0.191 e. The topological polar surface area (TPSA) is 48.9 Å². The SMILES string of the molecule is CCNC(=NCc1cccc(CN2CCOC(C)C2)c1)NCC(C)c1ccsc1. The van der Waals surface area contributed by atoms with Crippen LogP contribution >= 0.6 is 11.3 Å². The smallest absolute Gasteiger partial charge is 0.191 e. The van der Waals surface area contributed by atoms with Crippen LogP contribution in [0.5, 0.6) is 0 Å². The van der Waals surface area contributed by atoms with Crippen LogP contribution in [0.2, 0.25) is 0 Å². The van der Waals surface area contributed by atoms with Crippen molar-refractivity contribution >= 4 is 17.3 Å². The number of hydrogen-bond donors (Lipinski definition) is 2. The van der Waals surface area contributed by atoms with Crippen LogP contribution in [0.15, 0.2) is 46.1 Å². The maximum absolute atomic E-state index is 5.65. The normalized spacial score (nSPS) is 19.1. The van der Waals surface area contributed by atoms with Gasteiger partial charge in [0.05, 0.1) is 19.3 Å². The Hall–Kier alpha value is -1.89. The van der Waals surface area contributed by atoms with Crippen molar-refractivity contribution in [3.8, 4) is 0 Å². The Balaban J connectivity index is 1.55. The van der Waals surface area contributed by atoms with E-state index in [4.69, 9.17) is 9.73 Å². The average Bonchev–Trinajstić information content (AvgIpc) is 3.25. The van der Waals surface area contributed by atoms with Crippen LogP contribution in [-0.4, -0.2) is 49.7 Å². The highest BCUT2D eigenvalue weighted by Gasteiger charge is 2.16. The average molecular weight is 415 g/mol. The second-order valence-corrected chi connectivity index (χ2v) is 8.55. The van der Waals surface area contributed by atoms with Crippen LogP contribution in [0, 0.1) is 0 Å². The number of aliphatic imine (C=N–C) groups is 1. The van der Waals surface area contributed by atoms with Gasteiger partial charge in [0.15, 0.2) is 5.96 Å². The van der Waals surface area contributed by atoms with Crippen LogP contribution in [-0.2, 0) is 17.8 Å². The molecule has 1 fully saturated rings. The molecule has 0 spiro atoms. The number of rotatable bonds is 8. The molecule has 5 nitrogen and oxygen atoms in total. The minimum absolute atomic E-state index is 0.321. The van der Waals surface area contributed by atoms with Crippen molar-refractivity contribution in [3.05, 3.63) is 57.8 Å². The Morgan fingerprint density at radius 3 is 2.93 bits per heavy atom. The number of nitrogens with zero attached hydrogens (tertiary/aromatic N) is 2. The van der Waals surface area contributed by atoms with Gasteiger partial charge < -0.3 is 15.4 Å². The van der Waals surface area contributed by atoms with Crippen LogP contribution < -0.4 is 10.6 Å². The Morgan fingerprint density at radius 2 is 2.17 bits per heavy atom. The van der Waals surface area contributed by atoms with Crippen LogP contribution in [0.3, 0.4) is 0 Å². The number of morpholine rings is 1. The van der Waals surface area contributed by atoms with Gasteiger partial charge in [-0.1, -0.05) is 31.2 Å². The highest BCUT2D eigenvalue weighted by molar-refractivity contribution is 7.07. The molecule has 1 aromatic heterocycles. The van der Waals surface area contributed by atoms with Gasteiger partial charge in [-0.2, -0.15) is 11.3 Å². The zero-order chi connectivity index (χ0) is 20.5. The van der Waals surface area contributed by atoms with E-state index in [1.165, 1.54) is 16.7 Å². The van der Waals surface area contributed by atoms with E-state index in [9.17, 15) is 0 Å². The fourth-order valence-corrected chi connectivity index (χ4v) is 4.34. The van der Waals surface area contributed by atoms with Gasteiger partial charge in [-0.25, -0.2) is 4.99 Å². The summed E-state index contributed by atoms with van der Waals surface area (Å²) in [6.07, 6.45) is 0.321. The fraction of sp³-hybridized carbons (Fsp3) is 0.522. The molecule has 0 saturated carbocycles. The molecule has 0 bridgehead atoms. The van der Waals surface area contributed by atoms with E-state index in [2.05, 4.69) is 77.4 Å². The van der Waals surface area contributed by atoms with Crippen molar-refractivity contribution in [2.45, 2.75) is 45.9 Å². The molecular weight excluding hydrogens is 380 g/mol. The lowest BCUT2D eigenvalue weighted by molar-refractivity contribution is -0.0212.